The number of benzene rings is 1. The summed E-state index contributed by atoms with van der Waals surface area (Å²) in [6.07, 6.45) is 0.319. The van der Waals surface area contributed by atoms with Crippen molar-refractivity contribution < 1.29 is 30.8 Å². The van der Waals surface area contributed by atoms with E-state index in [1.807, 2.05) is 4.72 Å². The number of sulfonamides is 1. The van der Waals surface area contributed by atoms with E-state index in [2.05, 4.69) is 15.4 Å². The molecule has 182 valence electrons. The highest BCUT2D eigenvalue weighted by Crippen LogP contribution is 2.32. The van der Waals surface area contributed by atoms with Crippen LogP contribution < -0.4 is 10.0 Å². The van der Waals surface area contributed by atoms with Gasteiger partial charge in [0.05, 0.1) is 30.4 Å². The Bertz CT molecular complexity index is 1110. The van der Waals surface area contributed by atoms with Gasteiger partial charge in [0.15, 0.2) is 0 Å². The van der Waals surface area contributed by atoms with E-state index < -0.39 is 39.7 Å². The lowest BCUT2D eigenvalue weighted by atomic mass is 9.95. The van der Waals surface area contributed by atoms with Gasteiger partial charge >= 0.3 is 6.18 Å². The average molecular weight is 492 g/mol. The molecule has 8 nitrogen and oxygen atoms in total. The van der Waals surface area contributed by atoms with E-state index in [1.54, 1.807) is 0 Å². The molecule has 2 aromatic rings. The first kappa shape index (κ1) is 24.9. The summed E-state index contributed by atoms with van der Waals surface area (Å²) in [5, 5.41) is 6.21. The highest BCUT2D eigenvalue weighted by molar-refractivity contribution is 7.92. The third kappa shape index (κ3) is 6.42. The van der Waals surface area contributed by atoms with Crippen molar-refractivity contribution in [2.24, 2.45) is 0 Å². The number of nitrogens with zero attached hydrogens (tertiary/aromatic N) is 3. The Morgan fingerprint density at radius 3 is 2.48 bits per heavy atom. The van der Waals surface area contributed by atoms with Gasteiger partial charge in [-0.25, -0.2) is 22.5 Å². The molecule has 0 aliphatic heterocycles. The smallest absolute Gasteiger partial charge is 0.348 e. The predicted molar refractivity (Wildman–Crippen MR) is 112 cm³/mol. The standard InChI is InChI=1S/C20H25F4N5O3S/c1-12(13-8-9-16(15(21)10-13)28-33(2,31)32)18(30)25-11-17-26-19(20(22,23)24)27-29(17)14-6-4-3-5-7-14/h8-10,12,14,28H,3-7,11H2,1-2H3,(H,25,30). The SMILES string of the molecule is CC(C(=O)NCc1nc(C(F)(F)F)nn1C1CCCCC1)c1ccc(NS(C)(=O)=O)c(F)c1. The second-order valence-corrected chi connectivity index (χ2v) is 9.89. The molecule has 3 rings (SSSR count). The van der Waals surface area contributed by atoms with Gasteiger partial charge in [0.1, 0.15) is 11.6 Å². The van der Waals surface area contributed by atoms with Crippen molar-refractivity contribution in [1.29, 1.82) is 0 Å². The van der Waals surface area contributed by atoms with Gasteiger partial charge in [0.2, 0.25) is 15.9 Å². The number of carbonyl (C=O) groups is 1. The fraction of sp³-hybridized carbons (Fsp3) is 0.550. The molecule has 0 spiro atoms. The van der Waals surface area contributed by atoms with Gasteiger partial charge in [-0.2, -0.15) is 13.2 Å². The van der Waals surface area contributed by atoms with E-state index >= 15 is 0 Å². The number of aromatic nitrogens is 3. The van der Waals surface area contributed by atoms with Gasteiger partial charge in [0.25, 0.3) is 5.82 Å². The number of amides is 1. The first-order valence-corrected chi connectivity index (χ1v) is 12.3. The Labute approximate surface area is 188 Å². The molecule has 0 bridgehead atoms. The van der Waals surface area contributed by atoms with Crippen molar-refractivity contribution in [3.63, 3.8) is 0 Å². The number of carbonyl (C=O) groups excluding carboxylic acids is 1. The van der Waals surface area contributed by atoms with Crippen molar-refractivity contribution in [3.8, 4) is 0 Å². The van der Waals surface area contributed by atoms with Crippen LogP contribution in [0.5, 0.6) is 0 Å². The third-order valence-electron chi connectivity index (χ3n) is 5.48. The first-order chi connectivity index (χ1) is 15.3. The van der Waals surface area contributed by atoms with E-state index in [0.29, 0.717) is 12.8 Å². The fourth-order valence-corrected chi connectivity index (χ4v) is 4.33. The molecule has 1 heterocycles. The number of rotatable bonds is 7. The molecular weight excluding hydrogens is 466 g/mol. The topological polar surface area (TPSA) is 106 Å². The minimum atomic E-state index is -4.70. The van der Waals surface area contributed by atoms with E-state index in [0.717, 1.165) is 31.6 Å². The summed E-state index contributed by atoms with van der Waals surface area (Å²) >= 11 is 0. The molecule has 1 unspecified atom stereocenters. The molecule has 33 heavy (non-hydrogen) atoms. The largest absolute Gasteiger partial charge is 0.453 e. The Hall–Kier alpha value is -2.70. The molecule has 1 aliphatic carbocycles. The Morgan fingerprint density at radius 2 is 1.91 bits per heavy atom. The molecule has 13 heteroatoms. The summed E-state index contributed by atoms with van der Waals surface area (Å²) in [7, 11) is -3.68. The number of nitrogens with one attached hydrogen (secondary N) is 2. The van der Waals surface area contributed by atoms with Crippen LogP contribution in [-0.2, 0) is 27.5 Å². The third-order valence-corrected chi connectivity index (χ3v) is 6.07. The fourth-order valence-electron chi connectivity index (χ4n) is 3.77. The van der Waals surface area contributed by atoms with Crippen LogP contribution in [0.25, 0.3) is 0 Å². The van der Waals surface area contributed by atoms with Crippen LogP contribution in [0.1, 0.15) is 68.2 Å². The number of anilines is 1. The van der Waals surface area contributed by atoms with Crippen molar-refractivity contribution in [2.45, 2.75) is 63.7 Å². The zero-order valence-corrected chi connectivity index (χ0v) is 18.9. The van der Waals surface area contributed by atoms with E-state index in [1.165, 1.54) is 23.7 Å². The maximum atomic E-state index is 14.2. The average Bonchev–Trinajstić information content (AvgIpc) is 3.17. The molecule has 1 amide bonds. The summed E-state index contributed by atoms with van der Waals surface area (Å²) < 4.78 is 79.6. The summed E-state index contributed by atoms with van der Waals surface area (Å²) in [5.74, 6) is -3.50. The lowest BCUT2D eigenvalue weighted by molar-refractivity contribution is -0.145. The molecular formula is C20H25F4N5O3S. The maximum absolute atomic E-state index is 14.2. The molecule has 0 radical (unpaired) electrons. The second kappa shape index (κ2) is 9.65. The van der Waals surface area contributed by atoms with Gasteiger partial charge in [-0.1, -0.05) is 25.3 Å². The number of halogens is 4. The monoisotopic (exact) mass is 491 g/mol. The number of hydrogen-bond acceptors (Lipinski definition) is 5. The van der Waals surface area contributed by atoms with Crippen molar-refractivity contribution in [3.05, 3.63) is 41.2 Å². The van der Waals surface area contributed by atoms with Gasteiger partial charge in [0, 0.05) is 0 Å². The van der Waals surface area contributed by atoms with E-state index in [9.17, 15) is 30.8 Å². The maximum Gasteiger partial charge on any atom is 0.453 e. The lowest BCUT2D eigenvalue weighted by Gasteiger charge is -2.23. The number of alkyl halides is 3. The van der Waals surface area contributed by atoms with Crippen molar-refractivity contribution >= 4 is 21.6 Å². The summed E-state index contributed by atoms with van der Waals surface area (Å²) in [6, 6.07) is 3.41. The molecule has 1 aromatic carbocycles. The Balaban J connectivity index is 1.73. The van der Waals surface area contributed by atoms with Crippen LogP contribution in [0.3, 0.4) is 0 Å². The van der Waals surface area contributed by atoms with Gasteiger partial charge < -0.3 is 5.32 Å². The quantitative estimate of drug-likeness (QED) is 0.574. The lowest BCUT2D eigenvalue weighted by Crippen LogP contribution is -2.30. The predicted octanol–water partition coefficient (Wildman–Crippen LogP) is 3.73. The Kier molecular flexibility index (Phi) is 7.29. The van der Waals surface area contributed by atoms with E-state index in [-0.39, 0.29) is 29.7 Å². The molecule has 1 aliphatic rings. The van der Waals surface area contributed by atoms with E-state index in [4.69, 9.17) is 0 Å². The van der Waals surface area contributed by atoms with Gasteiger partial charge in [-0.15, -0.1) is 5.10 Å². The van der Waals surface area contributed by atoms with Gasteiger partial charge in [-0.05, 0) is 37.5 Å². The summed E-state index contributed by atoms with van der Waals surface area (Å²) in [6.45, 7) is 1.24. The molecule has 0 saturated heterocycles. The van der Waals surface area contributed by atoms with Crippen LogP contribution in [0.15, 0.2) is 18.2 Å². The minimum absolute atomic E-state index is 0.00801. The van der Waals surface area contributed by atoms with Crippen molar-refractivity contribution in [1.82, 2.24) is 20.1 Å². The van der Waals surface area contributed by atoms with Crippen LogP contribution in [0, 0.1) is 5.82 Å². The number of hydrogen-bond donors (Lipinski definition) is 2. The van der Waals surface area contributed by atoms with Crippen LogP contribution in [-0.4, -0.2) is 35.3 Å². The van der Waals surface area contributed by atoms with Crippen molar-refractivity contribution in [2.75, 3.05) is 11.0 Å². The minimum Gasteiger partial charge on any atom is -0.348 e. The highest BCUT2D eigenvalue weighted by atomic mass is 32.2. The van der Waals surface area contributed by atoms with Gasteiger partial charge in [-0.3, -0.25) is 9.52 Å². The highest BCUT2D eigenvalue weighted by Gasteiger charge is 2.38. The zero-order chi connectivity index (χ0) is 24.4. The van der Waals surface area contributed by atoms with Crippen LogP contribution in [0.4, 0.5) is 23.2 Å². The second-order valence-electron chi connectivity index (χ2n) is 8.14. The molecule has 1 atom stereocenters. The van der Waals surface area contributed by atoms with Crippen LogP contribution in [0.2, 0.25) is 0 Å². The van der Waals surface area contributed by atoms with Crippen LogP contribution >= 0.6 is 0 Å². The summed E-state index contributed by atoms with van der Waals surface area (Å²) in [4.78, 5) is 16.2. The molecule has 1 saturated carbocycles. The molecule has 2 N–H and O–H groups in total. The summed E-state index contributed by atoms with van der Waals surface area (Å²) in [5.41, 5.74) is 0.0166. The Morgan fingerprint density at radius 1 is 1.24 bits per heavy atom. The normalized spacial score (nSPS) is 16.4. The first-order valence-electron chi connectivity index (χ1n) is 10.4. The zero-order valence-electron chi connectivity index (χ0n) is 18.1. The molecule has 1 fully saturated rings. The molecule has 1 aromatic heterocycles.